The van der Waals surface area contributed by atoms with Gasteiger partial charge in [0.15, 0.2) is 0 Å². The smallest absolute Gasteiger partial charge is 0.355 e. The standard InChI is InChI=1S/C21H21BrCl3NO6S/c1-12(2)17(20(29)31-10-13-4-6-14(30-3)7-5-13)26-18(28)16(22)19(26)33-9-8-15(27)32-11-21(23,24)25/h4-9,16,19H,10-11H2,1-3H3/t16-,19+/m0/s1. The van der Waals surface area contributed by atoms with Gasteiger partial charge in [-0.05, 0) is 42.5 Å². The summed E-state index contributed by atoms with van der Waals surface area (Å²) in [6.45, 7) is 3.06. The lowest BCUT2D eigenvalue weighted by Gasteiger charge is -2.44. The van der Waals surface area contributed by atoms with Gasteiger partial charge in [0.25, 0.3) is 0 Å². The molecule has 0 N–H and O–H groups in total. The highest BCUT2D eigenvalue weighted by Gasteiger charge is 2.49. The van der Waals surface area contributed by atoms with E-state index in [1.807, 2.05) is 0 Å². The summed E-state index contributed by atoms with van der Waals surface area (Å²) in [5.74, 6) is -0.945. The fourth-order valence-electron chi connectivity index (χ4n) is 2.66. The third kappa shape index (κ3) is 8.10. The topological polar surface area (TPSA) is 82.1 Å². The molecule has 1 fully saturated rings. The molecule has 2 atom stereocenters. The summed E-state index contributed by atoms with van der Waals surface area (Å²) in [6.07, 6.45) is 1.14. The minimum atomic E-state index is -1.71. The van der Waals surface area contributed by atoms with E-state index >= 15 is 0 Å². The Morgan fingerprint density at radius 2 is 1.82 bits per heavy atom. The molecule has 0 aliphatic carbocycles. The Hall–Kier alpha value is -1.39. The summed E-state index contributed by atoms with van der Waals surface area (Å²) >= 11 is 21.1. The van der Waals surface area contributed by atoms with Crippen LogP contribution in [-0.4, -0.2) is 50.5 Å². The minimum Gasteiger partial charge on any atom is -0.497 e. The normalized spacial score (nSPS) is 18.0. The van der Waals surface area contributed by atoms with Gasteiger partial charge < -0.3 is 14.2 Å². The van der Waals surface area contributed by atoms with Crippen molar-refractivity contribution in [2.24, 2.45) is 0 Å². The monoisotopic (exact) mass is 599 g/mol. The summed E-state index contributed by atoms with van der Waals surface area (Å²) in [5, 5.41) is 0.970. The van der Waals surface area contributed by atoms with Crippen molar-refractivity contribution >= 4 is 80.3 Å². The molecule has 0 saturated carbocycles. The SMILES string of the molecule is COc1ccc(COC(=O)C(=C(C)C)N2C(=O)[C@H](Br)[C@H]2SC=CC(=O)OCC(Cl)(Cl)Cl)cc1. The highest BCUT2D eigenvalue weighted by Crippen LogP contribution is 2.39. The number of carbonyl (C=O) groups is 3. The number of thioether (sulfide) groups is 1. The van der Waals surface area contributed by atoms with Crippen LogP contribution < -0.4 is 4.74 Å². The van der Waals surface area contributed by atoms with Gasteiger partial charge >= 0.3 is 11.9 Å². The van der Waals surface area contributed by atoms with Crippen molar-refractivity contribution in [3.05, 3.63) is 52.6 Å². The van der Waals surface area contributed by atoms with Crippen molar-refractivity contribution in [1.82, 2.24) is 4.90 Å². The third-order valence-corrected chi connectivity index (χ3v) is 6.84. The number of benzene rings is 1. The third-order valence-electron chi connectivity index (χ3n) is 4.22. The lowest BCUT2D eigenvalue weighted by atomic mass is 10.1. The van der Waals surface area contributed by atoms with Gasteiger partial charge in [-0.3, -0.25) is 9.69 Å². The molecular weight excluding hydrogens is 581 g/mol. The Kier molecular flexibility index (Phi) is 10.4. The maximum atomic E-state index is 12.8. The molecule has 12 heteroatoms. The number of β-lactam (4-membered cyclic amide) rings is 1. The number of esters is 2. The Bertz CT molecular complexity index is 944. The molecule has 7 nitrogen and oxygen atoms in total. The summed E-state index contributed by atoms with van der Waals surface area (Å²) < 4.78 is 13.6. The van der Waals surface area contributed by atoms with Gasteiger partial charge in [0.2, 0.25) is 9.70 Å². The number of alkyl halides is 4. The molecule has 1 aliphatic heterocycles. The molecule has 1 aromatic carbocycles. The lowest BCUT2D eigenvalue weighted by Crippen LogP contribution is -2.60. The highest BCUT2D eigenvalue weighted by molar-refractivity contribution is 9.10. The van der Waals surface area contributed by atoms with Crippen LogP contribution in [0.15, 0.2) is 47.0 Å². The fourth-order valence-corrected chi connectivity index (χ4v) is 4.59. The molecule has 1 saturated heterocycles. The van der Waals surface area contributed by atoms with Crippen LogP contribution in [0.4, 0.5) is 0 Å². The van der Waals surface area contributed by atoms with E-state index in [2.05, 4.69) is 15.9 Å². The van der Waals surface area contributed by atoms with Gasteiger partial charge in [-0.25, -0.2) is 9.59 Å². The number of amides is 1. The van der Waals surface area contributed by atoms with E-state index in [1.54, 1.807) is 45.2 Å². The first kappa shape index (κ1) is 27.9. The number of methoxy groups -OCH3 is 1. The van der Waals surface area contributed by atoms with Crippen molar-refractivity contribution in [3.63, 3.8) is 0 Å². The van der Waals surface area contributed by atoms with Gasteiger partial charge in [-0.1, -0.05) is 62.9 Å². The Balaban J connectivity index is 2.02. The van der Waals surface area contributed by atoms with Gasteiger partial charge in [0.1, 0.15) is 34.9 Å². The van der Waals surface area contributed by atoms with Crippen LogP contribution in [-0.2, 0) is 30.5 Å². The first-order valence-electron chi connectivity index (χ1n) is 9.44. The highest BCUT2D eigenvalue weighted by atomic mass is 79.9. The molecule has 0 unspecified atom stereocenters. The number of ether oxygens (including phenoxy) is 3. The largest absolute Gasteiger partial charge is 0.497 e. The number of halogens is 4. The van der Waals surface area contributed by atoms with Crippen molar-refractivity contribution in [3.8, 4) is 5.75 Å². The molecule has 0 spiro atoms. The maximum Gasteiger partial charge on any atom is 0.355 e. The zero-order valence-electron chi connectivity index (χ0n) is 17.8. The second kappa shape index (κ2) is 12.4. The lowest BCUT2D eigenvalue weighted by molar-refractivity contribution is -0.149. The van der Waals surface area contributed by atoms with E-state index in [0.717, 1.165) is 23.4 Å². The molecule has 1 aromatic rings. The van der Waals surface area contributed by atoms with E-state index in [0.29, 0.717) is 11.3 Å². The van der Waals surface area contributed by atoms with E-state index in [9.17, 15) is 14.4 Å². The average Bonchev–Trinajstić information content (AvgIpc) is 2.77. The molecule has 1 amide bonds. The molecule has 0 aromatic heterocycles. The van der Waals surface area contributed by atoms with Gasteiger partial charge in [-0.2, -0.15) is 0 Å². The molecule has 1 heterocycles. The number of nitrogens with zero attached hydrogens (tertiary/aromatic N) is 1. The van der Waals surface area contributed by atoms with Crippen LogP contribution in [0.25, 0.3) is 0 Å². The average molecular weight is 602 g/mol. The first-order chi connectivity index (χ1) is 15.4. The predicted octanol–water partition coefficient (Wildman–Crippen LogP) is 5.12. The zero-order chi connectivity index (χ0) is 24.8. The summed E-state index contributed by atoms with van der Waals surface area (Å²) in [5.41, 5.74) is 1.53. The van der Waals surface area contributed by atoms with Crippen LogP contribution in [0.1, 0.15) is 19.4 Å². The van der Waals surface area contributed by atoms with Crippen molar-refractivity contribution < 1.29 is 28.6 Å². The maximum absolute atomic E-state index is 12.8. The van der Waals surface area contributed by atoms with Crippen LogP contribution in [0.5, 0.6) is 5.75 Å². The number of hydrogen-bond acceptors (Lipinski definition) is 7. The fraction of sp³-hybridized carbons (Fsp3) is 0.381. The van der Waals surface area contributed by atoms with Crippen LogP contribution in [0.3, 0.4) is 0 Å². The molecular formula is C21H21BrCl3NO6S. The molecule has 0 radical (unpaired) electrons. The summed E-state index contributed by atoms with van der Waals surface area (Å²) in [6, 6.07) is 7.08. The molecule has 0 bridgehead atoms. The molecule has 33 heavy (non-hydrogen) atoms. The quantitative estimate of drug-likeness (QED) is 0.168. The first-order valence-corrected chi connectivity index (χ1v) is 12.4. The minimum absolute atomic E-state index is 0.0339. The summed E-state index contributed by atoms with van der Waals surface area (Å²) in [4.78, 5) is 37.9. The van der Waals surface area contributed by atoms with E-state index in [4.69, 9.17) is 49.0 Å². The van der Waals surface area contributed by atoms with Crippen LogP contribution >= 0.6 is 62.5 Å². The van der Waals surface area contributed by atoms with Gasteiger partial charge in [0.05, 0.1) is 7.11 Å². The van der Waals surface area contributed by atoms with Crippen molar-refractivity contribution in [2.75, 3.05) is 13.7 Å². The van der Waals surface area contributed by atoms with E-state index < -0.39 is 32.5 Å². The number of carbonyl (C=O) groups excluding carboxylic acids is 3. The summed E-state index contributed by atoms with van der Waals surface area (Å²) in [7, 11) is 1.56. The van der Waals surface area contributed by atoms with Crippen LogP contribution in [0, 0.1) is 0 Å². The number of rotatable bonds is 9. The molecule has 2 rings (SSSR count). The second-order valence-corrected chi connectivity index (χ2v) is 11.5. The number of hydrogen-bond donors (Lipinski definition) is 0. The van der Waals surface area contributed by atoms with E-state index in [1.165, 1.54) is 10.3 Å². The van der Waals surface area contributed by atoms with Gasteiger partial charge in [0, 0.05) is 6.08 Å². The van der Waals surface area contributed by atoms with Crippen molar-refractivity contribution in [2.45, 2.75) is 34.4 Å². The van der Waals surface area contributed by atoms with Crippen molar-refractivity contribution in [1.29, 1.82) is 0 Å². The number of allylic oxidation sites excluding steroid dienone is 1. The van der Waals surface area contributed by atoms with Gasteiger partial charge in [-0.15, -0.1) is 11.8 Å². The predicted molar refractivity (Wildman–Crippen MR) is 132 cm³/mol. The molecule has 1 aliphatic rings. The molecule has 180 valence electrons. The van der Waals surface area contributed by atoms with E-state index in [-0.39, 0.29) is 18.2 Å². The Labute approximate surface area is 219 Å². The second-order valence-electron chi connectivity index (χ2n) is 6.94. The number of likely N-dealkylation sites (tertiary alicyclic amines) is 1. The Morgan fingerprint density at radius 3 is 2.36 bits per heavy atom. The Morgan fingerprint density at radius 1 is 1.18 bits per heavy atom. The van der Waals surface area contributed by atoms with Crippen LogP contribution in [0.2, 0.25) is 0 Å². The zero-order valence-corrected chi connectivity index (χ0v) is 22.5.